The monoisotopic (exact) mass is 338 g/mol. The highest BCUT2D eigenvalue weighted by molar-refractivity contribution is 7.98. The summed E-state index contributed by atoms with van der Waals surface area (Å²) < 4.78 is 1.91. The topological polar surface area (TPSA) is 42.3 Å². The molecule has 0 aliphatic heterocycles. The lowest BCUT2D eigenvalue weighted by atomic mass is 10.1. The molecule has 0 aliphatic carbocycles. The Hall–Kier alpha value is -1.46. The molecule has 1 heterocycles. The molecular weight excluding hydrogens is 320 g/mol. The van der Waals surface area contributed by atoms with Gasteiger partial charge in [0.15, 0.2) is 0 Å². The highest BCUT2D eigenvalue weighted by Crippen LogP contribution is 2.18. The molecule has 4 nitrogen and oxygen atoms in total. The molecule has 0 saturated carbocycles. The lowest BCUT2D eigenvalue weighted by Gasteiger charge is -2.18. The van der Waals surface area contributed by atoms with Crippen LogP contribution in [0.4, 0.5) is 0 Å². The van der Waals surface area contributed by atoms with Gasteiger partial charge < -0.3 is 9.47 Å². The molecule has 0 bridgehead atoms. The number of rotatable bonds is 5. The van der Waals surface area contributed by atoms with Gasteiger partial charge in [0.05, 0.1) is 5.52 Å². The Labute approximate surface area is 139 Å². The van der Waals surface area contributed by atoms with Crippen molar-refractivity contribution >= 4 is 40.2 Å². The fourth-order valence-electron chi connectivity index (χ4n) is 2.32. The first-order valence-electron chi connectivity index (χ1n) is 7.06. The molecule has 1 aromatic carbocycles. The predicted octanol–water partition coefficient (Wildman–Crippen LogP) is 3.11. The molecule has 2 aromatic rings. The van der Waals surface area contributed by atoms with Gasteiger partial charge in [-0.3, -0.25) is 9.59 Å². The Morgan fingerprint density at radius 3 is 2.77 bits per heavy atom. The number of hydrogen-bond acceptors (Lipinski definition) is 3. The molecule has 1 aromatic heterocycles. The number of amides is 1. The van der Waals surface area contributed by atoms with Crippen LogP contribution < -0.4 is 5.43 Å². The predicted molar refractivity (Wildman–Crippen MR) is 94.2 cm³/mol. The summed E-state index contributed by atoms with van der Waals surface area (Å²) in [5, 5.41) is 0.978. The summed E-state index contributed by atoms with van der Waals surface area (Å²) >= 11 is 7.67. The van der Waals surface area contributed by atoms with Gasteiger partial charge in [-0.25, -0.2) is 0 Å². The largest absolute Gasteiger partial charge is 0.347 e. The second kappa shape index (κ2) is 7.20. The Morgan fingerprint density at radius 1 is 1.41 bits per heavy atom. The molecular formula is C16H19ClN2O2S. The number of carbonyl (C=O) groups is 1. The summed E-state index contributed by atoms with van der Waals surface area (Å²) in [4.78, 5) is 26.8. The van der Waals surface area contributed by atoms with Crippen molar-refractivity contribution in [1.82, 2.24) is 9.47 Å². The summed E-state index contributed by atoms with van der Waals surface area (Å²) in [5.41, 5.74) is 0.726. The molecule has 1 amide bonds. The minimum absolute atomic E-state index is 0.195. The van der Waals surface area contributed by atoms with Gasteiger partial charge in [-0.2, -0.15) is 11.8 Å². The normalized spacial score (nSPS) is 10.9. The maximum atomic E-state index is 12.6. The van der Waals surface area contributed by atoms with E-state index in [2.05, 4.69) is 0 Å². The number of nitrogens with zero attached hydrogens (tertiary/aromatic N) is 2. The van der Waals surface area contributed by atoms with Crippen LogP contribution in [-0.4, -0.2) is 41.0 Å². The van der Waals surface area contributed by atoms with E-state index in [9.17, 15) is 9.59 Å². The van der Waals surface area contributed by atoms with E-state index in [-0.39, 0.29) is 16.9 Å². The summed E-state index contributed by atoms with van der Waals surface area (Å²) in [6.07, 6.45) is 3.64. The molecule has 118 valence electrons. The average molecular weight is 339 g/mol. The van der Waals surface area contributed by atoms with Crippen LogP contribution in [-0.2, 0) is 6.54 Å². The van der Waals surface area contributed by atoms with Crippen LogP contribution in [0.3, 0.4) is 0 Å². The van der Waals surface area contributed by atoms with Crippen molar-refractivity contribution in [2.45, 2.75) is 13.5 Å². The maximum absolute atomic E-state index is 12.6. The number of aryl methyl sites for hydroxylation is 1. The van der Waals surface area contributed by atoms with Gasteiger partial charge in [0, 0.05) is 42.5 Å². The van der Waals surface area contributed by atoms with Crippen LogP contribution >= 0.6 is 23.4 Å². The van der Waals surface area contributed by atoms with Crippen LogP contribution in [0.1, 0.15) is 17.3 Å². The zero-order valence-corrected chi connectivity index (χ0v) is 14.5. The van der Waals surface area contributed by atoms with E-state index in [0.29, 0.717) is 23.5 Å². The second-order valence-corrected chi connectivity index (χ2v) is 6.46. The molecule has 6 heteroatoms. The van der Waals surface area contributed by atoms with Crippen molar-refractivity contribution in [2.75, 3.05) is 25.6 Å². The third kappa shape index (κ3) is 3.31. The first kappa shape index (κ1) is 16.9. The average Bonchev–Trinajstić information content (AvgIpc) is 2.52. The van der Waals surface area contributed by atoms with E-state index in [1.807, 2.05) is 23.8 Å². The standard InChI is InChI=1S/C16H19ClN2O2S/c1-4-19-10-13(16(21)18(2)7-8-22-3)15(20)12-9-11(17)5-6-14(12)19/h5-6,9-10H,4,7-8H2,1-3H3. The molecule has 0 aliphatic rings. The number of benzene rings is 1. The molecule has 0 atom stereocenters. The fourth-order valence-corrected chi connectivity index (χ4v) is 2.95. The SMILES string of the molecule is CCn1cc(C(=O)N(C)CCSC)c(=O)c2cc(Cl)ccc21. The summed E-state index contributed by atoms with van der Waals surface area (Å²) in [5.74, 6) is 0.590. The smallest absolute Gasteiger partial charge is 0.259 e. The Morgan fingerprint density at radius 2 is 2.14 bits per heavy atom. The molecule has 22 heavy (non-hydrogen) atoms. The number of halogens is 1. The van der Waals surface area contributed by atoms with Crippen molar-refractivity contribution < 1.29 is 4.79 Å². The molecule has 0 fully saturated rings. The van der Waals surface area contributed by atoms with Gasteiger partial charge >= 0.3 is 0 Å². The number of pyridine rings is 1. The highest BCUT2D eigenvalue weighted by Gasteiger charge is 2.18. The van der Waals surface area contributed by atoms with Gasteiger partial charge in [0.25, 0.3) is 5.91 Å². The molecule has 0 radical (unpaired) electrons. The number of carbonyl (C=O) groups excluding carboxylic acids is 1. The number of fused-ring (bicyclic) bond motifs is 1. The molecule has 2 rings (SSSR count). The Balaban J connectivity index is 2.57. The third-order valence-electron chi connectivity index (χ3n) is 3.59. The van der Waals surface area contributed by atoms with Crippen LogP contribution in [0.5, 0.6) is 0 Å². The van der Waals surface area contributed by atoms with Crippen LogP contribution in [0.2, 0.25) is 5.02 Å². The maximum Gasteiger partial charge on any atom is 0.259 e. The van der Waals surface area contributed by atoms with E-state index in [1.54, 1.807) is 42.0 Å². The van der Waals surface area contributed by atoms with Crippen molar-refractivity contribution in [2.24, 2.45) is 0 Å². The molecule has 0 unspecified atom stereocenters. The van der Waals surface area contributed by atoms with E-state index in [4.69, 9.17) is 11.6 Å². The minimum Gasteiger partial charge on any atom is -0.347 e. The van der Waals surface area contributed by atoms with Crippen molar-refractivity contribution in [1.29, 1.82) is 0 Å². The highest BCUT2D eigenvalue weighted by atomic mass is 35.5. The number of aromatic nitrogens is 1. The zero-order valence-electron chi connectivity index (χ0n) is 12.9. The zero-order chi connectivity index (χ0) is 16.3. The van der Waals surface area contributed by atoms with Gasteiger partial charge in [-0.15, -0.1) is 0 Å². The summed E-state index contributed by atoms with van der Waals surface area (Å²) in [6.45, 7) is 3.26. The Kier molecular flexibility index (Phi) is 5.53. The lowest BCUT2D eigenvalue weighted by Crippen LogP contribution is -2.33. The first-order chi connectivity index (χ1) is 10.5. The van der Waals surface area contributed by atoms with Gasteiger partial charge in [-0.05, 0) is 31.4 Å². The molecule has 0 saturated heterocycles. The quantitative estimate of drug-likeness (QED) is 0.841. The van der Waals surface area contributed by atoms with Crippen molar-refractivity contribution in [3.8, 4) is 0 Å². The van der Waals surface area contributed by atoms with Gasteiger partial charge in [0.1, 0.15) is 5.56 Å². The van der Waals surface area contributed by atoms with E-state index < -0.39 is 0 Å². The fraction of sp³-hybridized carbons (Fsp3) is 0.375. The van der Waals surface area contributed by atoms with E-state index in [1.165, 1.54) is 0 Å². The number of thioether (sulfide) groups is 1. The second-order valence-electron chi connectivity index (χ2n) is 5.04. The van der Waals surface area contributed by atoms with Crippen LogP contribution in [0.15, 0.2) is 29.2 Å². The van der Waals surface area contributed by atoms with Crippen molar-refractivity contribution in [3.05, 3.63) is 45.2 Å². The van der Waals surface area contributed by atoms with Crippen molar-refractivity contribution in [3.63, 3.8) is 0 Å². The Bertz CT molecular complexity index is 758. The van der Waals surface area contributed by atoms with Gasteiger partial charge in [-0.1, -0.05) is 11.6 Å². The first-order valence-corrected chi connectivity index (χ1v) is 8.83. The van der Waals surface area contributed by atoms with Crippen LogP contribution in [0, 0.1) is 0 Å². The van der Waals surface area contributed by atoms with E-state index >= 15 is 0 Å². The summed E-state index contributed by atoms with van der Waals surface area (Å²) in [6, 6.07) is 5.19. The minimum atomic E-state index is -0.261. The van der Waals surface area contributed by atoms with Gasteiger partial charge in [0.2, 0.25) is 5.43 Å². The van der Waals surface area contributed by atoms with E-state index in [0.717, 1.165) is 11.3 Å². The summed E-state index contributed by atoms with van der Waals surface area (Å²) in [7, 11) is 1.72. The number of hydrogen-bond donors (Lipinski definition) is 0. The van der Waals surface area contributed by atoms with Crippen LogP contribution in [0.25, 0.3) is 10.9 Å². The third-order valence-corrected chi connectivity index (χ3v) is 4.42. The lowest BCUT2D eigenvalue weighted by molar-refractivity contribution is 0.0802. The molecule has 0 N–H and O–H groups in total. The molecule has 0 spiro atoms.